The summed E-state index contributed by atoms with van der Waals surface area (Å²) in [5.41, 5.74) is 0.974. The molecule has 5 nitrogen and oxygen atoms in total. The fourth-order valence-electron chi connectivity index (χ4n) is 2.16. The summed E-state index contributed by atoms with van der Waals surface area (Å²) in [4.78, 5) is 20.3. The Kier molecular flexibility index (Phi) is 5.30. The smallest absolute Gasteiger partial charge is 0.226 e. The fourth-order valence-corrected chi connectivity index (χ4v) is 2.16. The zero-order valence-corrected chi connectivity index (χ0v) is 11.5. The Balaban J connectivity index is 1.73. The lowest BCUT2D eigenvalue weighted by atomic mass is 10.2. The second kappa shape index (κ2) is 7.21. The maximum absolute atomic E-state index is 12.1. The van der Waals surface area contributed by atoms with Gasteiger partial charge < -0.3 is 10.2 Å². The molecular weight excluding hydrogens is 240 g/mol. The second-order valence-corrected chi connectivity index (χ2v) is 4.94. The molecule has 2 heterocycles. The molecule has 0 aliphatic carbocycles. The lowest BCUT2D eigenvalue weighted by Gasteiger charge is -2.29. The van der Waals surface area contributed by atoms with Gasteiger partial charge in [-0.25, -0.2) is 0 Å². The molecule has 5 heteroatoms. The van der Waals surface area contributed by atoms with Gasteiger partial charge in [-0.2, -0.15) is 0 Å². The molecule has 1 aliphatic rings. The number of nitrogens with zero attached hydrogens (tertiary/aromatic N) is 3. The number of carbonyl (C=O) groups is 1. The quantitative estimate of drug-likeness (QED) is 0.811. The van der Waals surface area contributed by atoms with E-state index in [0.717, 1.165) is 44.8 Å². The van der Waals surface area contributed by atoms with Gasteiger partial charge in [-0.1, -0.05) is 6.07 Å². The van der Waals surface area contributed by atoms with E-state index < -0.39 is 0 Å². The first kappa shape index (κ1) is 14.0. The van der Waals surface area contributed by atoms with Crippen LogP contribution in [0.15, 0.2) is 24.5 Å². The minimum atomic E-state index is 0.156. The number of hydrogen-bond acceptors (Lipinski definition) is 4. The Morgan fingerprint density at radius 3 is 2.95 bits per heavy atom. The van der Waals surface area contributed by atoms with Crippen molar-refractivity contribution in [1.29, 1.82) is 0 Å². The van der Waals surface area contributed by atoms with Crippen LogP contribution < -0.4 is 5.32 Å². The molecule has 1 N–H and O–H groups in total. The number of nitrogens with one attached hydrogen (secondary N) is 1. The minimum Gasteiger partial charge on any atom is -0.344 e. The molecule has 0 atom stereocenters. The van der Waals surface area contributed by atoms with E-state index in [4.69, 9.17) is 0 Å². The van der Waals surface area contributed by atoms with Gasteiger partial charge in [-0.3, -0.25) is 14.7 Å². The molecule has 0 bridgehead atoms. The highest BCUT2D eigenvalue weighted by atomic mass is 16.2. The van der Waals surface area contributed by atoms with E-state index in [0.29, 0.717) is 6.42 Å². The van der Waals surface area contributed by atoms with Gasteiger partial charge >= 0.3 is 0 Å². The average Bonchev–Trinajstić information content (AvgIpc) is 2.47. The summed E-state index contributed by atoms with van der Waals surface area (Å²) in [5.74, 6) is 0.156. The number of hydrogen-bond donors (Lipinski definition) is 1. The summed E-state index contributed by atoms with van der Waals surface area (Å²) in [7, 11) is 1.88. The van der Waals surface area contributed by atoms with E-state index in [1.165, 1.54) is 0 Å². The van der Waals surface area contributed by atoms with Crippen molar-refractivity contribution in [2.45, 2.75) is 6.42 Å². The Morgan fingerprint density at radius 2 is 2.26 bits per heavy atom. The first-order chi connectivity index (χ1) is 9.25. The Bertz CT molecular complexity index is 390. The molecule has 0 aromatic carbocycles. The predicted molar refractivity (Wildman–Crippen MR) is 74.9 cm³/mol. The van der Waals surface area contributed by atoms with Crippen molar-refractivity contribution in [2.75, 3.05) is 46.3 Å². The van der Waals surface area contributed by atoms with Crippen molar-refractivity contribution in [3.8, 4) is 0 Å². The highest BCUT2D eigenvalue weighted by Crippen LogP contribution is 2.01. The lowest BCUT2D eigenvalue weighted by Crippen LogP contribution is -2.46. The molecule has 1 aromatic rings. The zero-order valence-electron chi connectivity index (χ0n) is 11.5. The fraction of sp³-hybridized carbons (Fsp3) is 0.571. The standard InChI is InChI=1S/C14H22N4O/c1-17(9-10-18-7-5-15-6-8-18)14(19)11-13-3-2-4-16-12-13/h2-4,12,15H,5-11H2,1H3. The maximum atomic E-state index is 12.1. The van der Waals surface area contributed by atoms with Gasteiger partial charge in [0.05, 0.1) is 6.42 Å². The van der Waals surface area contributed by atoms with E-state index in [1.807, 2.05) is 24.1 Å². The van der Waals surface area contributed by atoms with Gasteiger partial charge in [0, 0.05) is 58.7 Å². The molecule has 0 saturated carbocycles. The first-order valence-electron chi connectivity index (χ1n) is 6.81. The number of piperazine rings is 1. The Labute approximate surface area is 114 Å². The summed E-state index contributed by atoms with van der Waals surface area (Å²) in [6.45, 7) is 5.99. The summed E-state index contributed by atoms with van der Waals surface area (Å²) in [6.07, 6.45) is 3.91. The van der Waals surface area contributed by atoms with Gasteiger partial charge in [0.2, 0.25) is 5.91 Å². The van der Waals surface area contributed by atoms with Gasteiger partial charge in [0.15, 0.2) is 0 Å². The van der Waals surface area contributed by atoms with E-state index in [9.17, 15) is 4.79 Å². The van der Waals surface area contributed by atoms with E-state index in [2.05, 4.69) is 15.2 Å². The molecule has 19 heavy (non-hydrogen) atoms. The molecule has 1 aliphatic heterocycles. The van der Waals surface area contributed by atoms with Crippen LogP contribution in [-0.4, -0.2) is 67.0 Å². The SMILES string of the molecule is CN(CCN1CCNCC1)C(=O)Cc1cccnc1. The van der Waals surface area contributed by atoms with Gasteiger partial charge in [-0.15, -0.1) is 0 Å². The van der Waals surface area contributed by atoms with Crippen LogP contribution in [-0.2, 0) is 11.2 Å². The van der Waals surface area contributed by atoms with Crippen LogP contribution in [0.3, 0.4) is 0 Å². The van der Waals surface area contributed by atoms with Crippen LogP contribution in [0.1, 0.15) is 5.56 Å². The van der Waals surface area contributed by atoms with Crippen molar-refractivity contribution in [3.05, 3.63) is 30.1 Å². The Morgan fingerprint density at radius 1 is 1.47 bits per heavy atom. The van der Waals surface area contributed by atoms with Crippen LogP contribution >= 0.6 is 0 Å². The Hall–Kier alpha value is -1.46. The van der Waals surface area contributed by atoms with Crippen molar-refractivity contribution < 1.29 is 4.79 Å². The van der Waals surface area contributed by atoms with Crippen molar-refractivity contribution in [3.63, 3.8) is 0 Å². The summed E-state index contributed by atoms with van der Waals surface area (Å²) >= 11 is 0. The topological polar surface area (TPSA) is 48.5 Å². The second-order valence-electron chi connectivity index (χ2n) is 4.94. The van der Waals surface area contributed by atoms with Crippen LogP contribution in [0.2, 0.25) is 0 Å². The van der Waals surface area contributed by atoms with Crippen LogP contribution in [0.4, 0.5) is 0 Å². The number of pyridine rings is 1. The average molecular weight is 262 g/mol. The number of amides is 1. The molecule has 1 amide bonds. The number of rotatable bonds is 5. The lowest BCUT2D eigenvalue weighted by molar-refractivity contribution is -0.129. The van der Waals surface area contributed by atoms with Gasteiger partial charge in [-0.05, 0) is 11.6 Å². The molecule has 1 saturated heterocycles. The van der Waals surface area contributed by atoms with Crippen molar-refractivity contribution >= 4 is 5.91 Å². The van der Waals surface area contributed by atoms with Crippen LogP contribution in [0.5, 0.6) is 0 Å². The monoisotopic (exact) mass is 262 g/mol. The van der Waals surface area contributed by atoms with E-state index >= 15 is 0 Å². The van der Waals surface area contributed by atoms with Crippen LogP contribution in [0, 0.1) is 0 Å². The van der Waals surface area contributed by atoms with E-state index in [-0.39, 0.29) is 5.91 Å². The van der Waals surface area contributed by atoms with Crippen LogP contribution in [0.25, 0.3) is 0 Å². The molecule has 0 unspecified atom stereocenters. The van der Waals surface area contributed by atoms with Gasteiger partial charge in [0.1, 0.15) is 0 Å². The van der Waals surface area contributed by atoms with Crippen molar-refractivity contribution in [1.82, 2.24) is 20.1 Å². The largest absolute Gasteiger partial charge is 0.344 e. The van der Waals surface area contributed by atoms with Crippen molar-refractivity contribution in [2.24, 2.45) is 0 Å². The zero-order chi connectivity index (χ0) is 13.5. The molecular formula is C14H22N4O. The molecule has 0 radical (unpaired) electrons. The summed E-state index contributed by atoms with van der Waals surface area (Å²) in [5, 5.41) is 3.33. The molecule has 0 spiro atoms. The molecule has 2 rings (SSSR count). The molecule has 1 aromatic heterocycles. The van der Waals surface area contributed by atoms with E-state index in [1.54, 1.807) is 12.4 Å². The third-order valence-electron chi connectivity index (χ3n) is 3.47. The summed E-state index contributed by atoms with van der Waals surface area (Å²) in [6, 6.07) is 3.80. The maximum Gasteiger partial charge on any atom is 0.226 e. The number of carbonyl (C=O) groups excluding carboxylic acids is 1. The third-order valence-corrected chi connectivity index (χ3v) is 3.47. The number of aromatic nitrogens is 1. The predicted octanol–water partition coefficient (Wildman–Crippen LogP) is -0.0123. The molecule has 1 fully saturated rings. The minimum absolute atomic E-state index is 0.156. The summed E-state index contributed by atoms with van der Waals surface area (Å²) < 4.78 is 0. The first-order valence-corrected chi connectivity index (χ1v) is 6.81. The third kappa shape index (κ3) is 4.61. The normalized spacial score (nSPS) is 16.3. The highest BCUT2D eigenvalue weighted by molar-refractivity contribution is 5.78. The number of likely N-dealkylation sites (N-methyl/N-ethyl adjacent to an activating group) is 1. The highest BCUT2D eigenvalue weighted by Gasteiger charge is 2.13. The van der Waals surface area contributed by atoms with Gasteiger partial charge in [0.25, 0.3) is 0 Å². The molecule has 104 valence electrons.